The van der Waals surface area contributed by atoms with Crippen LogP contribution in [0.3, 0.4) is 0 Å². The van der Waals surface area contributed by atoms with E-state index in [9.17, 15) is 9.59 Å². The number of benzene rings is 1. The quantitative estimate of drug-likeness (QED) is 0.754. The van der Waals surface area contributed by atoms with Crippen molar-refractivity contribution in [3.05, 3.63) is 56.8 Å². The van der Waals surface area contributed by atoms with Gasteiger partial charge in [-0.3, -0.25) is 13.9 Å². The number of hydrogen-bond acceptors (Lipinski definition) is 2. The van der Waals surface area contributed by atoms with E-state index in [1.165, 1.54) is 7.05 Å². The highest BCUT2D eigenvalue weighted by molar-refractivity contribution is 5.77. The molecule has 4 nitrogen and oxygen atoms in total. The predicted octanol–water partition coefficient (Wildman–Crippen LogP) is 1.67. The number of para-hydroxylation sites is 1. The summed E-state index contributed by atoms with van der Waals surface area (Å²) in [6, 6.07) is 7.19. The lowest BCUT2D eigenvalue weighted by atomic mass is 10.2. The van der Waals surface area contributed by atoms with Crippen LogP contribution in [0.2, 0.25) is 0 Å². The summed E-state index contributed by atoms with van der Waals surface area (Å²) in [6.45, 7) is 4.44. The molecule has 4 heteroatoms. The molecule has 0 bridgehead atoms. The Morgan fingerprint density at radius 1 is 1.22 bits per heavy atom. The van der Waals surface area contributed by atoms with Crippen molar-refractivity contribution in [2.24, 2.45) is 7.05 Å². The first kappa shape index (κ1) is 12.4. The molecule has 0 saturated heterocycles. The molecule has 0 radical (unpaired) electrons. The zero-order chi connectivity index (χ0) is 13.3. The Morgan fingerprint density at radius 2 is 1.89 bits per heavy atom. The summed E-state index contributed by atoms with van der Waals surface area (Å²) in [6.07, 6.45) is 1.97. The molecule has 0 N–H and O–H groups in total. The van der Waals surface area contributed by atoms with E-state index >= 15 is 0 Å². The van der Waals surface area contributed by atoms with Crippen molar-refractivity contribution in [2.45, 2.75) is 20.4 Å². The van der Waals surface area contributed by atoms with Gasteiger partial charge in [-0.1, -0.05) is 23.8 Å². The molecule has 1 aromatic carbocycles. The summed E-state index contributed by atoms with van der Waals surface area (Å²) >= 11 is 0. The van der Waals surface area contributed by atoms with E-state index in [2.05, 4.69) is 0 Å². The van der Waals surface area contributed by atoms with Gasteiger partial charge in [0.2, 0.25) is 0 Å². The Balaban J connectivity index is 2.83. The summed E-state index contributed by atoms with van der Waals surface area (Å²) in [5.41, 5.74) is 1.29. The number of nitrogens with zero attached hydrogens (tertiary/aromatic N) is 2. The maximum absolute atomic E-state index is 12.1. The number of rotatable bonds is 2. The van der Waals surface area contributed by atoms with Crippen LogP contribution in [0, 0.1) is 0 Å². The van der Waals surface area contributed by atoms with Gasteiger partial charge in [0.05, 0.1) is 10.9 Å². The second-order valence-corrected chi connectivity index (χ2v) is 4.56. The SMILES string of the molecule is CC(C)=CCn1c(=O)n(C)c(=O)c2ccccc21. The summed E-state index contributed by atoms with van der Waals surface area (Å²) in [4.78, 5) is 24.1. The van der Waals surface area contributed by atoms with Crippen LogP contribution in [-0.4, -0.2) is 9.13 Å². The highest BCUT2D eigenvalue weighted by Gasteiger charge is 2.08. The average molecular weight is 244 g/mol. The van der Waals surface area contributed by atoms with Crippen LogP contribution in [-0.2, 0) is 13.6 Å². The first-order valence-corrected chi connectivity index (χ1v) is 5.84. The van der Waals surface area contributed by atoms with Crippen LogP contribution in [0.25, 0.3) is 10.9 Å². The summed E-state index contributed by atoms with van der Waals surface area (Å²) in [5, 5.41) is 0.571. The van der Waals surface area contributed by atoms with E-state index in [0.717, 1.165) is 10.1 Å². The number of allylic oxidation sites excluding steroid dienone is 2. The molecule has 0 aliphatic carbocycles. The van der Waals surface area contributed by atoms with Crippen molar-refractivity contribution >= 4 is 10.9 Å². The molecular formula is C14H16N2O2. The van der Waals surface area contributed by atoms with Crippen molar-refractivity contribution in [1.82, 2.24) is 9.13 Å². The number of hydrogen-bond donors (Lipinski definition) is 0. The van der Waals surface area contributed by atoms with Gasteiger partial charge in [0.1, 0.15) is 0 Å². The molecule has 0 atom stereocenters. The zero-order valence-corrected chi connectivity index (χ0v) is 10.8. The molecule has 0 spiro atoms. The third kappa shape index (κ3) is 2.01. The zero-order valence-electron chi connectivity index (χ0n) is 10.8. The van der Waals surface area contributed by atoms with Crippen LogP contribution in [0.1, 0.15) is 13.8 Å². The molecule has 1 aromatic heterocycles. The smallest absolute Gasteiger partial charge is 0.289 e. The summed E-state index contributed by atoms with van der Waals surface area (Å²) in [5.74, 6) is 0. The van der Waals surface area contributed by atoms with E-state index in [1.807, 2.05) is 26.0 Å². The topological polar surface area (TPSA) is 44.0 Å². The summed E-state index contributed by atoms with van der Waals surface area (Å²) < 4.78 is 2.77. The molecule has 0 aliphatic heterocycles. The fourth-order valence-corrected chi connectivity index (χ4v) is 1.89. The van der Waals surface area contributed by atoms with E-state index < -0.39 is 0 Å². The third-order valence-electron chi connectivity index (χ3n) is 2.93. The second kappa shape index (κ2) is 4.64. The molecule has 18 heavy (non-hydrogen) atoms. The molecule has 0 unspecified atom stereocenters. The fraction of sp³-hybridized carbons (Fsp3) is 0.286. The molecule has 0 amide bonds. The molecular weight excluding hydrogens is 228 g/mol. The number of aromatic nitrogens is 2. The van der Waals surface area contributed by atoms with Gasteiger partial charge in [0.25, 0.3) is 5.56 Å². The minimum absolute atomic E-state index is 0.246. The van der Waals surface area contributed by atoms with Gasteiger partial charge in [-0.25, -0.2) is 4.79 Å². The lowest BCUT2D eigenvalue weighted by Crippen LogP contribution is -2.38. The lowest BCUT2D eigenvalue weighted by molar-refractivity contribution is 0.680. The molecule has 0 aliphatic rings. The van der Waals surface area contributed by atoms with Crippen molar-refractivity contribution in [1.29, 1.82) is 0 Å². The van der Waals surface area contributed by atoms with Gasteiger partial charge in [-0.05, 0) is 26.0 Å². The molecule has 2 aromatic rings. The summed E-state index contributed by atoms with van der Waals surface area (Å²) in [7, 11) is 1.51. The van der Waals surface area contributed by atoms with Crippen molar-refractivity contribution < 1.29 is 0 Å². The first-order valence-electron chi connectivity index (χ1n) is 5.84. The van der Waals surface area contributed by atoms with Crippen molar-refractivity contribution in [3.8, 4) is 0 Å². The molecule has 0 fully saturated rings. The van der Waals surface area contributed by atoms with Crippen LogP contribution >= 0.6 is 0 Å². The van der Waals surface area contributed by atoms with Crippen LogP contribution in [0.15, 0.2) is 45.5 Å². The Morgan fingerprint density at radius 3 is 2.56 bits per heavy atom. The standard InChI is InChI=1S/C14H16N2O2/c1-10(2)8-9-16-12-7-5-4-6-11(12)13(17)15(3)14(16)18/h4-8H,9H2,1-3H3. The lowest BCUT2D eigenvalue weighted by Gasteiger charge is -2.10. The van der Waals surface area contributed by atoms with Gasteiger partial charge in [0, 0.05) is 13.6 Å². The maximum atomic E-state index is 12.1. The van der Waals surface area contributed by atoms with Crippen LogP contribution in [0.4, 0.5) is 0 Å². The largest absolute Gasteiger partial charge is 0.331 e. The Hall–Kier alpha value is -2.10. The molecule has 1 heterocycles. The van der Waals surface area contributed by atoms with Gasteiger partial charge >= 0.3 is 5.69 Å². The molecule has 0 saturated carbocycles. The van der Waals surface area contributed by atoms with Crippen LogP contribution < -0.4 is 11.2 Å². The predicted molar refractivity (Wildman–Crippen MR) is 72.9 cm³/mol. The Kier molecular flexibility index (Phi) is 3.19. The second-order valence-electron chi connectivity index (χ2n) is 4.56. The fourth-order valence-electron chi connectivity index (χ4n) is 1.89. The first-order chi connectivity index (χ1) is 8.52. The van der Waals surface area contributed by atoms with Crippen molar-refractivity contribution in [2.75, 3.05) is 0 Å². The van der Waals surface area contributed by atoms with E-state index in [4.69, 9.17) is 0 Å². The Labute approximate surface area is 105 Å². The molecule has 2 rings (SSSR count). The average Bonchev–Trinajstić information content (AvgIpc) is 2.36. The van der Waals surface area contributed by atoms with E-state index in [-0.39, 0.29) is 11.2 Å². The van der Waals surface area contributed by atoms with E-state index in [0.29, 0.717) is 17.4 Å². The minimum atomic E-state index is -0.281. The van der Waals surface area contributed by atoms with Gasteiger partial charge < -0.3 is 0 Å². The highest BCUT2D eigenvalue weighted by Crippen LogP contribution is 2.07. The van der Waals surface area contributed by atoms with E-state index in [1.54, 1.807) is 22.8 Å². The molecule has 94 valence electrons. The highest BCUT2D eigenvalue weighted by atomic mass is 16.2. The van der Waals surface area contributed by atoms with Gasteiger partial charge in [-0.2, -0.15) is 0 Å². The monoisotopic (exact) mass is 244 g/mol. The maximum Gasteiger partial charge on any atom is 0.331 e. The number of fused-ring (bicyclic) bond motifs is 1. The van der Waals surface area contributed by atoms with Gasteiger partial charge in [-0.15, -0.1) is 0 Å². The van der Waals surface area contributed by atoms with Gasteiger partial charge in [0.15, 0.2) is 0 Å². The van der Waals surface area contributed by atoms with Crippen LogP contribution in [0.5, 0.6) is 0 Å². The normalized spacial score (nSPS) is 10.6. The van der Waals surface area contributed by atoms with Crippen molar-refractivity contribution in [3.63, 3.8) is 0 Å². The third-order valence-corrected chi connectivity index (χ3v) is 2.93. The Bertz CT molecular complexity index is 732. The minimum Gasteiger partial charge on any atom is -0.289 e.